The van der Waals surface area contributed by atoms with Crippen LogP contribution in [0.4, 0.5) is 0 Å². The Hall–Kier alpha value is -2.70. The van der Waals surface area contributed by atoms with Crippen LogP contribution in [0.2, 0.25) is 0 Å². The molecule has 2 aromatic carbocycles. The van der Waals surface area contributed by atoms with Crippen molar-refractivity contribution in [3.63, 3.8) is 0 Å². The van der Waals surface area contributed by atoms with Crippen LogP contribution < -0.4 is 10.4 Å². The van der Waals surface area contributed by atoms with Crippen molar-refractivity contribution < 1.29 is 4.79 Å². The average Bonchev–Trinajstić information content (AvgIpc) is 2.85. The van der Waals surface area contributed by atoms with Gasteiger partial charge in [0.05, 0.1) is 5.56 Å². The molecule has 19 heavy (non-hydrogen) atoms. The van der Waals surface area contributed by atoms with Gasteiger partial charge in [0.1, 0.15) is 0 Å². The van der Waals surface area contributed by atoms with E-state index in [1.807, 2.05) is 30.4 Å². The maximum absolute atomic E-state index is 9.19. The molecule has 2 aliphatic carbocycles. The molecule has 4 rings (SSSR count). The van der Waals surface area contributed by atoms with Crippen molar-refractivity contribution in [2.24, 2.45) is 0 Å². The van der Waals surface area contributed by atoms with Crippen LogP contribution in [-0.2, 0) is 0 Å². The second-order valence-electron chi connectivity index (χ2n) is 4.73. The van der Waals surface area contributed by atoms with Crippen LogP contribution in [0.3, 0.4) is 0 Å². The summed E-state index contributed by atoms with van der Waals surface area (Å²) >= 11 is 0. The van der Waals surface area contributed by atoms with Crippen molar-refractivity contribution in [1.29, 1.82) is 0 Å². The molecule has 2 heteroatoms. The number of hydrogen-bond acceptors (Lipinski definition) is 0. The van der Waals surface area contributed by atoms with Crippen molar-refractivity contribution in [3.8, 4) is 0 Å². The van der Waals surface area contributed by atoms with Gasteiger partial charge in [0.2, 0.25) is 0 Å². The van der Waals surface area contributed by atoms with Gasteiger partial charge in [0, 0.05) is 6.08 Å². The highest BCUT2D eigenvalue weighted by Crippen LogP contribution is 2.15. The van der Waals surface area contributed by atoms with Crippen molar-refractivity contribution in [2.45, 2.75) is 0 Å². The molecular weight excluding hydrogens is 232 g/mol. The molecule has 2 nitrogen and oxygen atoms in total. The maximum atomic E-state index is 9.19. The molecule has 0 saturated carbocycles. The van der Waals surface area contributed by atoms with Crippen molar-refractivity contribution >= 4 is 17.9 Å². The van der Waals surface area contributed by atoms with Gasteiger partial charge < -0.3 is 5.53 Å². The topological polar surface area (TPSA) is 36.4 Å². The summed E-state index contributed by atoms with van der Waals surface area (Å²) in [6.45, 7) is 0. The van der Waals surface area contributed by atoms with E-state index in [1.54, 1.807) is 0 Å². The summed E-state index contributed by atoms with van der Waals surface area (Å²) in [5.74, 6) is 0. The van der Waals surface area contributed by atoms with E-state index in [9.17, 15) is 5.53 Å². The first-order chi connectivity index (χ1) is 9.38. The zero-order valence-electron chi connectivity index (χ0n) is 10.2. The zero-order valence-corrected chi connectivity index (χ0v) is 10.2. The summed E-state index contributed by atoms with van der Waals surface area (Å²) < 4.78 is 0. The van der Waals surface area contributed by atoms with Gasteiger partial charge in [-0.05, 0) is 32.5 Å². The number of hydrogen-bond donors (Lipinski definition) is 0. The predicted octanol–water partition coefficient (Wildman–Crippen LogP) is 1.48. The number of rotatable bonds is 0. The summed E-state index contributed by atoms with van der Waals surface area (Å²) in [6.07, 6.45) is 7.95. The molecule has 0 bridgehead atoms. The third-order valence-corrected chi connectivity index (χ3v) is 3.72. The largest absolute Gasteiger partial charge is 0.361 e. The molecule has 0 amide bonds. The highest BCUT2D eigenvalue weighted by Gasteiger charge is 2.19. The lowest BCUT2D eigenvalue weighted by Crippen LogP contribution is -2.19. The van der Waals surface area contributed by atoms with Gasteiger partial charge in [-0.15, -0.1) is 0 Å². The molecule has 2 aliphatic rings. The normalized spacial score (nSPS) is 13.8. The molecule has 0 fully saturated rings. The van der Waals surface area contributed by atoms with E-state index < -0.39 is 0 Å². The summed E-state index contributed by atoms with van der Waals surface area (Å²) in [4.78, 5) is 3.42. The Labute approximate surface area is 109 Å². The molecule has 88 valence electrons. The van der Waals surface area contributed by atoms with Gasteiger partial charge in [0.15, 0.2) is 0 Å². The summed E-state index contributed by atoms with van der Waals surface area (Å²) in [5, 5.41) is 4.77. The van der Waals surface area contributed by atoms with Gasteiger partial charge in [-0.3, -0.25) is 0 Å². The SMILES string of the molecule is [N-]=[N+]=C1C=CC=c2ccc3c(c21)C=c1ccccc1=3. The third-order valence-electron chi connectivity index (χ3n) is 3.72. The summed E-state index contributed by atoms with van der Waals surface area (Å²) in [5.41, 5.74) is 12.0. The van der Waals surface area contributed by atoms with Crippen LogP contribution in [0, 0.1) is 10.4 Å². The lowest BCUT2D eigenvalue weighted by molar-refractivity contribution is -0.00226. The molecule has 0 aromatic heterocycles. The molecular formula is C17H10N2. The lowest BCUT2D eigenvalue weighted by Gasteiger charge is -2.03. The van der Waals surface area contributed by atoms with Crippen molar-refractivity contribution in [2.75, 3.05) is 0 Å². The van der Waals surface area contributed by atoms with Gasteiger partial charge in [-0.25, -0.2) is 0 Å². The minimum Gasteiger partial charge on any atom is -0.361 e. The van der Waals surface area contributed by atoms with E-state index in [0.717, 1.165) is 16.3 Å². The van der Waals surface area contributed by atoms with E-state index in [0.29, 0.717) is 5.71 Å². The van der Waals surface area contributed by atoms with Gasteiger partial charge in [0.25, 0.3) is 0 Å². The van der Waals surface area contributed by atoms with Gasteiger partial charge in [-0.2, -0.15) is 4.79 Å². The molecule has 0 heterocycles. The van der Waals surface area contributed by atoms with Gasteiger partial charge >= 0.3 is 5.71 Å². The molecule has 0 radical (unpaired) electrons. The molecule has 0 unspecified atom stereocenters. The fraction of sp³-hybridized carbons (Fsp3) is 0. The van der Waals surface area contributed by atoms with E-state index in [2.05, 4.69) is 35.1 Å². The van der Waals surface area contributed by atoms with E-state index in [1.165, 1.54) is 15.7 Å². The molecule has 0 atom stereocenters. The number of fused-ring (bicyclic) bond motifs is 4. The van der Waals surface area contributed by atoms with Crippen LogP contribution in [0.5, 0.6) is 0 Å². The Bertz CT molecular complexity index is 1000. The van der Waals surface area contributed by atoms with Crippen LogP contribution in [0.15, 0.2) is 48.6 Å². The van der Waals surface area contributed by atoms with E-state index >= 15 is 0 Å². The minimum absolute atomic E-state index is 0.624. The Morgan fingerprint density at radius 1 is 0.895 bits per heavy atom. The zero-order chi connectivity index (χ0) is 12.8. The van der Waals surface area contributed by atoms with E-state index in [4.69, 9.17) is 0 Å². The predicted molar refractivity (Wildman–Crippen MR) is 74.7 cm³/mol. The highest BCUT2D eigenvalue weighted by atomic mass is 14.9. The first kappa shape index (κ1) is 10.2. The van der Waals surface area contributed by atoms with E-state index in [-0.39, 0.29) is 0 Å². The number of allylic oxidation sites excluding steroid dienone is 2. The Morgan fingerprint density at radius 2 is 1.79 bits per heavy atom. The average molecular weight is 242 g/mol. The molecule has 0 aliphatic heterocycles. The Kier molecular flexibility index (Phi) is 1.96. The van der Waals surface area contributed by atoms with Crippen molar-refractivity contribution in [3.05, 3.63) is 86.1 Å². The Morgan fingerprint density at radius 3 is 2.68 bits per heavy atom. The van der Waals surface area contributed by atoms with Crippen molar-refractivity contribution in [1.82, 2.24) is 0 Å². The quantitative estimate of drug-likeness (QED) is 0.423. The molecule has 0 saturated heterocycles. The second-order valence-corrected chi connectivity index (χ2v) is 4.73. The summed E-state index contributed by atoms with van der Waals surface area (Å²) in [6, 6.07) is 12.6. The molecule has 0 N–H and O–H groups in total. The smallest absolute Gasteiger partial charge is 0.323 e. The van der Waals surface area contributed by atoms with Crippen LogP contribution in [0.25, 0.3) is 17.7 Å². The standard InChI is InChI=1S/C17H10N2/c18-19-16-7-3-5-11-8-9-14-13-6-2-1-4-12(13)10-15(14)17(11)16/h1-10H. The number of benzene rings is 2. The molecule has 2 aromatic rings. The minimum atomic E-state index is 0.624. The first-order valence-corrected chi connectivity index (χ1v) is 6.23. The first-order valence-electron chi connectivity index (χ1n) is 6.23. The monoisotopic (exact) mass is 242 g/mol. The fourth-order valence-corrected chi connectivity index (χ4v) is 2.88. The molecule has 0 spiro atoms. The number of nitrogens with zero attached hydrogens (tertiary/aromatic N) is 2. The summed E-state index contributed by atoms with van der Waals surface area (Å²) in [7, 11) is 0. The van der Waals surface area contributed by atoms with Crippen LogP contribution in [-0.4, -0.2) is 10.5 Å². The fourth-order valence-electron chi connectivity index (χ4n) is 2.88. The Balaban J connectivity index is 2.30. The maximum Gasteiger partial charge on any atom is 0.323 e. The van der Waals surface area contributed by atoms with Gasteiger partial charge in [-0.1, -0.05) is 48.6 Å². The van der Waals surface area contributed by atoms with Crippen LogP contribution >= 0.6 is 0 Å². The second kappa shape index (κ2) is 3.64. The lowest BCUT2D eigenvalue weighted by atomic mass is 9.96. The highest BCUT2D eigenvalue weighted by molar-refractivity contribution is 6.09. The van der Waals surface area contributed by atoms with Crippen LogP contribution in [0.1, 0.15) is 11.1 Å². The third kappa shape index (κ3) is 1.32.